The summed E-state index contributed by atoms with van der Waals surface area (Å²) in [5.74, 6) is 0. The van der Waals surface area contributed by atoms with Gasteiger partial charge in [-0.3, -0.25) is 0 Å². The molecule has 3 aromatic rings. The van der Waals surface area contributed by atoms with Crippen LogP contribution in [-0.2, 0) is 6.42 Å². The van der Waals surface area contributed by atoms with E-state index in [-0.39, 0.29) is 0 Å². The van der Waals surface area contributed by atoms with Crippen molar-refractivity contribution in [3.05, 3.63) is 90.0 Å². The highest BCUT2D eigenvalue weighted by atomic mass is 14.0. The van der Waals surface area contributed by atoms with Gasteiger partial charge in [-0.15, -0.1) is 0 Å². The van der Waals surface area contributed by atoms with Crippen molar-refractivity contribution >= 4 is 16.3 Å². The van der Waals surface area contributed by atoms with Gasteiger partial charge < -0.3 is 0 Å². The summed E-state index contributed by atoms with van der Waals surface area (Å²) in [7, 11) is 0. The summed E-state index contributed by atoms with van der Waals surface area (Å²) < 4.78 is 0. The van der Waals surface area contributed by atoms with Crippen LogP contribution in [0.4, 0.5) is 0 Å². The molecule has 0 aromatic heterocycles. The molecule has 0 nitrogen and oxygen atoms in total. The van der Waals surface area contributed by atoms with Crippen molar-refractivity contribution in [3.63, 3.8) is 0 Å². The van der Waals surface area contributed by atoms with E-state index in [0.29, 0.717) is 0 Å². The Morgan fingerprint density at radius 2 is 1.52 bits per heavy atom. The third-order valence-corrected chi connectivity index (χ3v) is 3.93. The molecule has 0 atom stereocenters. The average Bonchev–Trinajstić information content (AvgIpc) is 2.55. The zero-order valence-electron chi connectivity index (χ0n) is 12.4. The maximum absolute atomic E-state index is 2.34. The molecule has 0 bridgehead atoms. The first-order valence-electron chi connectivity index (χ1n) is 7.53. The van der Waals surface area contributed by atoms with Crippen LogP contribution >= 0.6 is 0 Å². The second-order valence-corrected chi connectivity index (χ2v) is 5.47. The minimum Gasteiger partial charge on any atom is -0.0807 e. The van der Waals surface area contributed by atoms with Crippen LogP contribution < -0.4 is 0 Å². The SMILES string of the molecule is C/C(=C/CCc1ccccc1)c1ccc2ccccc2c1. The van der Waals surface area contributed by atoms with Gasteiger partial charge in [0, 0.05) is 0 Å². The molecule has 3 rings (SSSR count). The second-order valence-electron chi connectivity index (χ2n) is 5.47. The lowest BCUT2D eigenvalue weighted by Gasteiger charge is -2.05. The summed E-state index contributed by atoms with van der Waals surface area (Å²) in [5.41, 5.74) is 4.08. The fraction of sp³-hybridized carbons (Fsp3) is 0.143. The molecule has 0 fully saturated rings. The summed E-state index contributed by atoms with van der Waals surface area (Å²) in [5, 5.41) is 2.61. The van der Waals surface area contributed by atoms with Gasteiger partial charge in [-0.2, -0.15) is 0 Å². The van der Waals surface area contributed by atoms with Gasteiger partial charge >= 0.3 is 0 Å². The van der Waals surface area contributed by atoms with E-state index in [9.17, 15) is 0 Å². The lowest BCUT2D eigenvalue weighted by Crippen LogP contribution is -1.84. The zero-order valence-corrected chi connectivity index (χ0v) is 12.4. The molecule has 0 heterocycles. The van der Waals surface area contributed by atoms with Crippen LogP contribution in [0, 0.1) is 0 Å². The molecular weight excluding hydrogens is 252 g/mol. The van der Waals surface area contributed by atoms with Gasteiger partial charge in [-0.05, 0) is 53.3 Å². The molecule has 0 spiro atoms. The first-order chi connectivity index (χ1) is 10.3. The van der Waals surface area contributed by atoms with Crippen molar-refractivity contribution in [2.24, 2.45) is 0 Å². The fourth-order valence-corrected chi connectivity index (χ4v) is 2.65. The molecule has 0 amide bonds. The van der Waals surface area contributed by atoms with Gasteiger partial charge in [0.1, 0.15) is 0 Å². The van der Waals surface area contributed by atoms with Crippen molar-refractivity contribution in [1.29, 1.82) is 0 Å². The van der Waals surface area contributed by atoms with Crippen LogP contribution in [0.25, 0.3) is 16.3 Å². The van der Waals surface area contributed by atoms with Gasteiger partial charge in [-0.25, -0.2) is 0 Å². The minimum atomic E-state index is 1.09. The van der Waals surface area contributed by atoms with E-state index < -0.39 is 0 Å². The number of benzene rings is 3. The number of fused-ring (bicyclic) bond motifs is 1. The molecule has 0 aliphatic rings. The lowest BCUT2D eigenvalue weighted by atomic mass is 10.0. The first kappa shape index (κ1) is 13.6. The van der Waals surface area contributed by atoms with Crippen molar-refractivity contribution in [2.45, 2.75) is 19.8 Å². The number of rotatable bonds is 4. The Kier molecular flexibility index (Phi) is 4.16. The van der Waals surface area contributed by atoms with Crippen molar-refractivity contribution in [2.75, 3.05) is 0 Å². The highest BCUT2D eigenvalue weighted by Gasteiger charge is 1.98. The van der Waals surface area contributed by atoms with Crippen molar-refractivity contribution in [3.8, 4) is 0 Å². The van der Waals surface area contributed by atoms with E-state index in [1.54, 1.807) is 0 Å². The van der Waals surface area contributed by atoms with Crippen LogP contribution in [0.1, 0.15) is 24.5 Å². The van der Waals surface area contributed by atoms with Gasteiger partial charge in [-0.1, -0.05) is 72.8 Å². The molecule has 0 heteroatoms. The molecule has 3 aromatic carbocycles. The molecule has 0 saturated heterocycles. The van der Waals surface area contributed by atoms with E-state index >= 15 is 0 Å². The average molecular weight is 272 g/mol. The third kappa shape index (κ3) is 3.41. The minimum absolute atomic E-state index is 1.09. The predicted octanol–water partition coefficient (Wildman–Crippen LogP) is 5.88. The molecule has 0 saturated carbocycles. The molecule has 0 N–H and O–H groups in total. The maximum Gasteiger partial charge on any atom is -0.0178 e. The molecule has 0 aliphatic carbocycles. The Morgan fingerprint density at radius 3 is 2.33 bits per heavy atom. The van der Waals surface area contributed by atoms with Crippen molar-refractivity contribution < 1.29 is 0 Å². The fourth-order valence-electron chi connectivity index (χ4n) is 2.65. The number of hydrogen-bond acceptors (Lipinski definition) is 0. The number of aryl methyl sites for hydroxylation is 1. The third-order valence-electron chi connectivity index (χ3n) is 3.93. The van der Waals surface area contributed by atoms with Gasteiger partial charge in [0.05, 0.1) is 0 Å². The number of hydrogen-bond donors (Lipinski definition) is 0. The van der Waals surface area contributed by atoms with E-state index in [4.69, 9.17) is 0 Å². The summed E-state index contributed by atoms with van der Waals surface area (Å²) >= 11 is 0. The Hall–Kier alpha value is -2.34. The molecule has 104 valence electrons. The smallest absolute Gasteiger partial charge is 0.0178 e. The summed E-state index contributed by atoms with van der Waals surface area (Å²) in [6.07, 6.45) is 4.53. The van der Waals surface area contributed by atoms with Crippen LogP contribution in [0.2, 0.25) is 0 Å². The molecule has 0 aliphatic heterocycles. The lowest BCUT2D eigenvalue weighted by molar-refractivity contribution is 1.00. The zero-order chi connectivity index (χ0) is 14.5. The molecule has 21 heavy (non-hydrogen) atoms. The van der Waals surface area contributed by atoms with E-state index in [1.807, 2.05) is 0 Å². The van der Waals surface area contributed by atoms with Crippen LogP contribution in [0.5, 0.6) is 0 Å². The maximum atomic E-state index is 2.34. The Bertz CT molecular complexity index is 751. The molecule has 0 unspecified atom stereocenters. The van der Waals surface area contributed by atoms with Crippen molar-refractivity contribution in [1.82, 2.24) is 0 Å². The monoisotopic (exact) mass is 272 g/mol. The quantitative estimate of drug-likeness (QED) is 0.556. The van der Waals surface area contributed by atoms with E-state index in [1.165, 1.54) is 27.5 Å². The highest BCUT2D eigenvalue weighted by Crippen LogP contribution is 2.21. The molecule has 0 radical (unpaired) electrons. The Morgan fingerprint density at radius 1 is 0.810 bits per heavy atom. The van der Waals surface area contributed by atoms with Gasteiger partial charge in [0.15, 0.2) is 0 Å². The summed E-state index contributed by atoms with van der Waals surface area (Å²) in [4.78, 5) is 0. The molecular formula is C21H20. The Labute approximate surface area is 126 Å². The highest BCUT2D eigenvalue weighted by molar-refractivity contribution is 5.86. The standard InChI is InChI=1S/C21H20/c1-17(8-7-11-18-9-3-2-4-10-18)20-15-14-19-12-5-6-13-21(19)16-20/h2-6,8-10,12-16H,7,11H2,1H3/b17-8-. The predicted molar refractivity (Wildman–Crippen MR) is 92.4 cm³/mol. The number of allylic oxidation sites excluding steroid dienone is 2. The van der Waals surface area contributed by atoms with E-state index in [0.717, 1.165) is 12.8 Å². The van der Waals surface area contributed by atoms with Crippen LogP contribution in [0.3, 0.4) is 0 Å². The van der Waals surface area contributed by atoms with E-state index in [2.05, 4.69) is 85.8 Å². The van der Waals surface area contributed by atoms with Gasteiger partial charge in [0.2, 0.25) is 0 Å². The normalized spacial score (nSPS) is 11.8. The topological polar surface area (TPSA) is 0 Å². The van der Waals surface area contributed by atoms with Gasteiger partial charge in [0.25, 0.3) is 0 Å². The second kappa shape index (κ2) is 6.41. The largest absolute Gasteiger partial charge is 0.0807 e. The first-order valence-corrected chi connectivity index (χ1v) is 7.53. The summed E-state index contributed by atoms with van der Waals surface area (Å²) in [6.45, 7) is 2.20. The summed E-state index contributed by atoms with van der Waals surface area (Å²) in [6, 6.07) is 25.9. The Balaban J connectivity index is 1.73. The van der Waals surface area contributed by atoms with Crippen LogP contribution in [-0.4, -0.2) is 0 Å². The van der Waals surface area contributed by atoms with Crippen LogP contribution in [0.15, 0.2) is 78.9 Å².